The summed E-state index contributed by atoms with van der Waals surface area (Å²) in [5.41, 5.74) is 3.00. The molecule has 0 bridgehead atoms. The molecule has 5 heteroatoms. The van der Waals surface area contributed by atoms with Gasteiger partial charge < -0.3 is 15.1 Å². The summed E-state index contributed by atoms with van der Waals surface area (Å²) >= 11 is 0. The average Bonchev–Trinajstić information content (AvgIpc) is 2.41. The third-order valence-electron chi connectivity index (χ3n) is 3.72. The zero-order valence-electron chi connectivity index (χ0n) is 13.0. The first-order valence-electron chi connectivity index (χ1n) is 7.33. The Morgan fingerprint density at radius 1 is 1.33 bits per heavy atom. The zero-order chi connectivity index (χ0) is 15.4. The van der Waals surface area contributed by atoms with Crippen molar-refractivity contribution < 1.29 is 9.59 Å². The van der Waals surface area contributed by atoms with Crippen LogP contribution in [-0.2, 0) is 9.59 Å². The SMILES string of the molecule is Cc1cc(NC(=O)CN2CCCCC2=O)ccc1N(C)C. The van der Waals surface area contributed by atoms with Crippen molar-refractivity contribution in [3.05, 3.63) is 23.8 Å². The van der Waals surface area contributed by atoms with Crippen molar-refractivity contribution in [3.8, 4) is 0 Å². The van der Waals surface area contributed by atoms with Gasteiger partial charge in [0.1, 0.15) is 0 Å². The molecule has 1 aliphatic rings. The first kappa shape index (κ1) is 15.4. The average molecular weight is 289 g/mol. The maximum atomic E-state index is 12.0. The van der Waals surface area contributed by atoms with Crippen molar-refractivity contribution in [1.82, 2.24) is 4.90 Å². The Morgan fingerprint density at radius 3 is 2.71 bits per heavy atom. The number of aryl methyl sites for hydroxylation is 1. The molecule has 1 aliphatic heterocycles. The predicted octanol–water partition coefficient (Wildman–Crippen LogP) is 2.01. The van der Waals surface area contributed by atoms with Crippen LogP contribution in [0.3, 0.4) is 0 Å². The summed E-state index contributed by atoms with van der Waals surface area (Å²) < 4.78 is 0. The van der Waals surface area contributed by atoms with Gasteiger partial charge in [-0.2, -0.15) is 0 Å². The van der Waals surface area contributed by atoms with Crippen molar-refractivity contribution >= 4 is 23.2 Å². The van der Waals surface area contributed by atoms with Crippen molar-refractivity contribution in [2.24, 2.45) is 0 Å². The molecule has 5 nitrogen and oxygen atoms in total. The Hall–Kier alpha value is -2.04. The number of hydrogen-bond donors (Lipinski definition) is 1. The summed E-state index contributed by atoms with van der Waals surface area (Å²) in [6.07, 6.45) is 2.47. The highest BCUT2D eigenvalue weighted by Crippen LogP contribution is 2.21. The number of hydrogen-bond acceptors (Lipinski definition) is 3. The number of carbonyl (C=O) groups is 2. The van der Waals surface area contributed by atoms with Gasteiger partial charge in [0.25, 0.3) is 0 Å². The molecule has 1 fully saturated rings. The van der Waals surface area contributed by atoms with Gasteiger partial charge in [-0.15, -0.1) is 0 Å². The summed E-state index contributed by atoms with van der Waals surface area (Å²) in [6.45, 7) is 2.84. The molecule has 1 aromatic rings. The number of likely N-dealkylation sites (tertiary alicyclic amines) is 1. The minimum Gasteiger partial charge on any atom is -0.377 e. The molecule has 0 unspecified atom stereocenters. The Kier molecular flexibility index (Phi) is 4.83. The highest BCUT2D eigenvalue weighted by molar-refractivity contribution is 5.94. The normalized spacial score (nSPS) is 15.0. The Bertz CT molecular complexity index is 540. The number of nitrogens with zero attached hydrogens (tertiary/aromatic N) is 2. The second kappa shape index (κ2) is 6.61. The molecule has 2 amide bonds. The summed E-state index contributed by atoms with van der Waals surface area (Å²) in [4.78, 5) is 27.4. The molecule has 0 saturated carbocycles. The van der Waals surface area contributed by atoms with E-state index in [9.17, 15) is 9.59 Å². The minimum absolute atomic E-state index is 0.0792. The Labute approximate surface area is 125 Å². The van der Waals surface area contributed by atoms with Crippen LogP contribution < -0.4 is 10.2 Å². The minimum atomic E-state index is -0.137. The summed E-state index contributed by atoms with van der Waals surface area (Å²) in [5.74, 6) is -0.0576. The molecule has 0 radical (unpaired) electrons. The van der Waals surface area contributed by atoms with Crippen LogP contribution >= 0.6 is 0 Å². The molecule has 1 heterocycles. The van der Waals surface area contributed by atoms with Gasteiger partial charge in [0, 0.05) is 38.4 Å². The molecule has 1 N–H and O–H groups in total. The van der Waals surface area contributed by atoms with Gasteiger partial charge in [0.15, 0.2) is 0 Å². The molecule has 1 aromatic carbocycles. The van der Waals surface area contributed by atoms with E-state index in [2.05, 4.69) is 5.32 Å². The van der Waals surface area contributed by atoms with Crippen LogP contribution in [0.5, 0.6) is 0 Å². The smallest absolute Gasteiger partial charge is 0.243 e. The molecule has 0 atom stereocenters. The van der Waals surface area contributed by atoms with Gasteiger partial charge >= 0.3 is 0 Å². The van der Waals surface area contributed by atoms with Crippen LogP contribution in [0.25, 0.3) is 0 Å². The van der Waals surface area contributed by atoms with E-state index in [1.54, 1.807) is 4.90 Å². The van der Waals surface area contributed by atoms with Gasteiger partial charge in [-0.25, -0.2) is 0 Å². The summed E-state index contributed by atoms with van der Waals surface area (Å²) in [5, 5.41) is 2.87. The van der Waals surface area contributed by atoms with Gasteiger partial charge in [-0.05, 0) is 43.5 Å². The topological polar surface area (TPSA) is 52.7 Å². The molecule has 1 saturated heterocycles. The third kappa shape index (κ3) is 3.97. The van der Waals surface area contributed by atoms with E-state index in [1.807, 2.05) is 44.1 Å². The molecule has 2 rings (SSSR count). The molecule has 0 aromatic heterocycles. The number of piperidine rings is 1. The quantitative estimate of drug-likeness (QED) is 0.922. The monoisotopic (exact) mass is 289 g/mol. The van der Waals surface area contributed by atoms with E-state index in [1.165, 1.54) is 0 Å². The van der Waals surface area contributed by atoms with Gasteiger partial charge in [-0.1, -0.05) is 0 Å². The van der Waals surface area contributed by atoms with Crippen LogP contribution in [0.15, 0.2) is 18.2 Å². The van der Waals surface area contributed by atoms with Crippen molar-refractivity contribution in [3.63, 3.8) is 0 Å². The predicted molar refractivity (Wildman–Crippen MR) is 84.6 cm³/mol. The first-order chi connectivity index (χ1) is 9.97. The van der Waals surface area contributed by atoms with Crippen molar-refractivity contribution in [1.29, 1.82) is 0 Å². The number of amides is 2. The molecule has 21 heavy (non-hydrogen) atoms. The summed E-state index contributed by atoms with van der Waals surface area (Å²) in [6, 6.07) is 5.82. The largest absolute Gasteiger partial charge is 0.377 e. The highest BCUT2D eigenvalue weighted by Gasteiger charge is 2.20. The lowest BCUT2D eigenvalue weighted by Gasteiger charge is -2.26. The van der Waals surface area contributed by atoms with Crippen LogP contribution in [0.4, 0.5) is 11.4 Å². The van der Waals surface area contributed by atoms with Gasteiger partial charge in [0.05, 0.1) is 6.54 Å². The maximum Gasteiger partial charge on any atom is 0.243 e. The Morgan fingerprint density at radius 2 is 2.10 bits per heavy atom. The maximum absolute atomic E-state index is 12.0. The molecule has 0 aliphatic carbocycles. The van der Waals surface area contributed by atoms with Crippen LogP contribution in [-0.4, -0.2) is 43.9 Å². The van der Waals surface area contributed by atoms with E-state index in [-0.39, 0.29) is 18.4 Å². The number of nitrogens with one attached hydrogen (secondary N) is 1. The molecular weight excluding hydrogens is 266 g/mol. The lowest BCUT2D eigenvalue weighted by Crippen LogP contribution is -2.40. The van der Waals surface area contributed by atoms with E-state index in [0.717, 1.165) is 29.8 Å². The van der Waals surface area contributed by atoms with E-state index in [0.29, 0.717) is 13.0 Å². The second-order valence-corrected chi connectivity index (χ2v) is 5.72. The number of benzene rings is 1. The van der Waals surface area contributed by atoms with Gasteiger partial charge in [0.2, 0.25) is 11.8 Å². The third-order valence-corrected chi connectivity index (χ3v) is 3.72. The highest BCUT2D eigenvalue weighted by atomic mass is 16.2. The van der Waals surface area contributed by atoms with Gasteiger partial charge in [-0.3, -0.25) is 9.59 Å². The van der Waals surface area contributed by atoms with Crippen LogP contribution in [0, 0.1) is 6.92 Å². The lowest BCUT2D eigenvalue weighted by molar-refractivity contribution is -0.136. The van der Waals surface area contributed by atoms with Crippen LogP contribution in [0.2, 0.25) is 0 Å². The number of carbonyl (C=O) groups excluding carboxylic acids is 2. The molecule has 0 spiro atoms. The number of anilines is 2. The standard InChI is InChI=1S/C16H23N3O2/c1-12-10-13(7-8-14(12)18(2)3)17-15(20)11-19-9-5-4-6-16(19)21/h7-8,10H,4-6,9,11H2,1-3H3,(H,17,20). The lowest BCUT2D eigenvalue weighted by atomic mass is 10.1. The zero-order valence-corrected chi connectivity index (χ0v) is 13.0. The fourth-order valence-electron chi connectivity index (χ4n) is 2.64. The van der Waals surface area contributed by atoms with Crippen molar-refractivity contribution in [2.45, 2.75) is 26.2 Å². The molecule has 114 valence electrons. The van der Waals surface area contributed by atoms with E-state index in [4.69, 9.17) is 0 Å². The number of rotatable bonds is 4. The fourth-order valence-corrected chi connectivity index (χ4v) is 2.64. The molecular formula is C16H23N3O2. The van der Waals surface area contributed by atoms with Crippen molar-refractivity contribution in [2.75, 3.05) is 37.4 Å². The van der Waals surface area contributed by atoms with E-state index < -0.39 is 0 Å². The summed E-state index contributed by atoms with van der Waals surface area (Å²) in [7, 11) is 3.98. The Balaban J connectivity index is 1.96. The second-order valence-electron chi connectivity index (χ2n) is 5.72. The van der Waals surface area contributed by atoms with E-state index >= 15 is 0 Å². The fraction of sp³-hybridized carbons (Fsp3) is 0.500. The van der Waals surface area contributed by atoms with Crippen LogP contribution in [0.1, 0.15) is 24.8 Å². The first-order valence-corrected chi connectivity index (χ1v) is 7.33.